The van der Waals surface area contributed by atoms with Crippen LogP contribution in [0.15, 0.2) is 47.5 Å². The SMILES string of the molecule is O=C(NSc1cnc(Cl)cc1Cl)NC(=O)c1ccccc1. The van der Waals surface area contributed by atoms with Gasteiger partial charge in [-0.15, -0.1) is 0 Å². The van der Waals surface area contributed by atoms with E-state index in [0.29, 0.717) is 15.5 Å². The largest absolute Gasteiger partial charge is 0.331 e. The van der Waals surface area contributed by atoms with Crippen molar-refractivity contribution >= 4 is 47.1 Å². The molecule has 3 amide bonds. The highest BCUT2D eigenvalue weighted by atomic mass is 35.5. The summed E-state index contributed by atoms with van der Waals surface area (Å²) < 4.78 is 2.44. The number of hydrogen-bond donors (Lipinski definition) is 2. The summed E-state index contributed by atoms with van der Waals surface area (Å²) in [6, 6.07) is 9.22. The monoisotopic (exact) mass is 341 g/mol. The molecule has 0 spiro atoms. The number of amides is 3. The summed E-state index contributed by atoms with van der Waals surface area (Å²) in [7, 11) is 0. The number of pyridine rings is 1. The molecule has 2 rings (SSSR count). The second-order valence-corrected chi connectivity index (χ2v) is 5.43. The highest BCUT2D eigenvalue weighted by molar-refractivity contribution is 7.98. The molecule has 8 heteroatoms. The fourth-order valence-corrected chi connectivity index (χ4v) is 2.36. The van der Waals surface area contributed by atoms with Gasteiger partial charge in [-0.3, -0.25) is 14.8 Å². The van der Waals surface area contributed by atoms with Crippen LogP contribution in [0.3, 0.4) is 0 Å². The van der Waals surface area contributed by atoms with Crippen molar-refractivity contribution in [2.45, 2.75) is 4.90 Å². The van der Waals surface area contributed by atoms with Crippen LogP contribution in [0, 0.1) is 0 Å². The number of halogens is 2. The van der Waals surface area contributed by atoms with Crippen LogP contribution in [0.5, 0.6) is 0 Å². The predicted molar refractivity (Wildman–Crippen MR) is 82.6 cm³/mol. The van der Waals surface area contributed by atoms with Crippen LogP contribution < -0.4 is 10.0 Å². The second-order valence-electron chi connectivity index (χ2n) is 3.79. The normalized spacial score (nSPS) is 10.0. The summed E-state index contributed by atoms with van der Waals surface area (Å²) in [6.45, 7) is 0. The van der Waals surface area contributed by atoms with Crippen molar-refractivity contribution in [1.82, 2.24) is 15.0 Å². The van der Waals surface area contributed by atoms with Gasteiger partial charge in [0.05, 0.1) is 9.92 Å². The van der Waals surface area contributed by atoms with Gasteiger partial charge in [-0.1, -0.05) is 41.4 Å². The van der Waals surface area contributed by atoms with Gasteiger partial charge in [-0.25, -0.2) is 9.78 Å². The molecule has 0 aliphatic rings. The van der Waals surface area contributed by atoms with Crippen molar-refractivity contribution < 1.29 is 9.59 Å². The molecule has 1 aromatic carbocycles. The first-order valence-electron chi connectivity index (χ1n) is 5.70. The molecule has 0 fully saturated rings. The second kappa shape index (κ2) is 7.31. The van der Waals surface area contributed by atoms with Crippen LogP contribution in [0.25, 0.3) is 0 Å². The summed E-state index contributed by atoms with van der Waals surface area (Å²) >= 11 is 12.5. The van der Waals surface area contributed by atoms with Gasteiger partial charge in [0.25, 0.3) is 5.91 Å². The third-order valence-electron chi connectivity index (χ3n) is 2.30. The van der Waals surface area contributed by atoms with Crippen molar-refractivity contribution in [1.29, 1.82) is 0 Å². The molecule has 2 aromatic rings. The summed E-state index contributed by atoms with van der Waals surface area (Å²) in [6.07, 6.45) is 1.43. The Bertz CT molecular complexity index is 668. The minimum absolute atomic E-state index is 0.257. The smallest absolute Gasteiger partial charge is 0.277 e. The number of carbonyl (C=O) groups excluding carboxylic acids is 2. The van der Waals surface area contributed by atoms with E-state index in [0.717, 1.165) is 11.9 Å². The molecule has 108 valence electrons. The van der Waals surface area contributed by atoms with Crippen LogP contribution in [0.2, 0.25) is 10.2 Å². The van der Waals surface area contributed by atoms with Gasteiger partial charge >= 0.3 is 6.03 Å². The quantitative estimate of drug-likeness (QED) is 0.661. The van der Waals surface area contributed by atoms with Crippen LogP contribution in [0.4, 0.5) is 4.79 Å². The Morgan fingerprint density at radius 3 is 2.52 bits per heavy atom. The highest BCUT2D eigenvalue weighted by Crippen LogP contribution is 2.25. The Labute approximate surface area is 135 Å². The molecule has 1 heterocycles. The maximum Gasteiger partial charge on any atom is 0.331 e. The standard InChI is InChI=1S/C13H9Cl2N3O2S/c14-9-6-11(15)16-7-10(9)21-18-13(20)17-12(19)8-4-2-1-3-5-8/h1-7H,(H2,17,18,19,20). The summed E-state index contributed by atoms with van der Waals surface area (Å²) in [5.41, 5.74) is 0.392. The molecular formula is C13H9Cl2N3O2S. The lowest BCUT2D eigenvalue weighted by atomic mass is 10.2. The van der Waals surface area contributed by atoms with E-state index in [4.69, 9.17) is 23.2 Å². The Balaban J connectivity index is 1.89. The van der Waals surface area contributed by atoms with E-state index in [1.807, 2.05) is 0 Å². The Kier molecular flexibility index (Phi) is 5.44. The highest BCUT2D eigenvalue weighted by Gasteiger charge is 2.11. The number of benzene rings is 1. The first-order valence-corrected chi connectivity index (χ1v) is 7.28. The summed E-state index contributed by atoms with van der Waals surface area (Å²) in [5.74, 6) is -0.492. The number of rotatable bonds is 3. The molecule has 0 atom stereocenters. The minimum atomic E-state index is -0.653. The van der Waals surface area contributed by atoms with Gasteiger partial charge in [0, 0.05) is 11.8 Å². The molecule has 0 aliphatic heterocycles. The van der Waals surface area contributed by atoms with Crippen molar-refractivity contribution in [3.05, 3.63) is 58.3 Å². The Morgan fingerprint density at radius 1 is 1.14 bits per heavy atom. The zero-order chi connectivity index (χ0) is 15.2. The van der Waals surface area contributed by atoms with Crippen LogP contribution in [-0.4, -0.2) is 16.9 Å². The molecule has 0 radical (unpaired) electrons. The van der Waals surface area contributed by atoms with Gasteiger partial charge in [-0.05, 0) is 30.1 Å². The molecule has 0 unspecified atom stereocenters. The Hall–Kier alpha value is -1.76. The number of urea groups is 1. The van der Waals surface area contributed by atoms with Gasteiger partial charge < -0.3 is 0 Å². The summed E-state index contributed by atoms with van der Waals surface area (Å²) in [5, 5.41) is 2.81. The van der Waals surface area contributed by atoms with Crippen molar-refractivity contribution in [2.24, 2.45) is 0 Å². The molecular weight excluding hydrogens is 333 g/mol. The fraction of sp³-hybridized carbons (Fsp3) is 0. The van der Waals surface area contributed by atoms with E-state index in [1.54, 1.807) is 30.3 Å². The van der Waals surface area contributed by atoms with E-state index in [9.17, 15) is 9.59 Å². The molecule has 21 heavy (non-hydrogen) atoms. The van der Waals surface area contributed by atoms with Crippen molar-refractivity contribution in [3.8, 4) is 0 Å². The van der Waals surface area contributed by atoms with Gasteiger partial charge in [0.15, 0.2) is 0 Å². The van der Waals surface area contributed by atoms with Crippen molar-refractivity contribution in [3.63, 3.8) is 0 Å². The van der Waals surface area contributed by atoms with E-state index < -0.39 is 11.9 Å². The van der Waals surface area contributed by atoms with Crippen LogP contribution >= 0.6 is 35.1 Å². The topological polar surface area (TPSA) is 71.1 Å². The molecule has 0 bridgehead atoms. The molecule has 2 N–H and O–H groups in total. The third kappa shape index (κ3) is 4.63. The molecule has 0 saturated heterocycles. The lowest BCUT2D eigenvalue weighted by Crippen LogP contribution is -2.36. The molecule has 0 saturated carbocycles. The minimum Gasteiger partial charge on any atom is -0.277 e. The molecule has 0 aliphatic carbocycles. The van der Waals surface area contributed by atoms with E-state index >= 15 is 0 Å². The Morgan fingerprint density at radius 2 is 1.86 bits per heavy atom. The number of nitrogens with zero attached hydrogens (tertiary/aromatic N) is 1. The van der Waals surface area contributed by atoms with Gasteiger partial charge in [0.2, 0.25) is 0 Å². The average Bonchev–Trinajstić information content (AvgIpc) is 2.47. The van der Waals surface area contributed by atoms with E-state index in [-0.39, 0.29) is 5.15 Å². The van der Waals surface area contributed by atoms with Crippen LogP contribution in [0.1, 0.15) is 10.4 Å². The number of nitrogens with one attached hydrogen (secondary N) is 2. The number of hydrogen-bond acceptors (Lipinski definition) is 4. The average molecular weight is 342 g/mol. The van der Waals surface area contributed by atoms with Crippen LogP contribution in [-0.2, 0) is 0 Å². The number of carbonyl (C=O) groups is 2. The molecule has 1 aromatic heterocycles. The summed E-state index contributed by atoms with van der Waals surface area (Å²) in [4.78, 5) is 27.7. The predicted octanol–water partition coefficient (Wildman–Crippen LogP) is 3.54. The maximum absolute atomic E-state index is 11.7. The van der Waals surface area contributed by atoms with E-state index in [1.165, 1.54) is 12.3 Å². The fourth-order valence-electron chi connectivity index (χ4n) is 1.36. The number of imide groups is 1. The third-order valence-corrected chi connectivity index (χ3v) is 3.77. The lowest BCUT2D eigenvalue weighted by Gasteiger charge is -2.07. The first kappa shape index (κ1) is 15.6. The zero-order valence-corrected chi connectivity index (χ0v) is 12.8. The lowest BCUT2D eigenvalue weighted by molar-refractivity contribution is 0.0965. The van der Waals surface area contributed by atoms with Crippen molar-refractivity contribution in [2.75, 3.05) is 0 Å². The van der Waals surface area contributed by atoms with Gasteiger partial charge in [-0.2, -0.15) is 0 Å². The first-order chi connectivity index (χ1) is 10.1. The maximum atomic E-state index is 11.7. The molecule has 5 nitrogen and oxygen atoms in total. The number of aromatic nitrogens is 1. The van der Waals surface area contributed by atoms with Gasteiger partial charge in [0.1, 0.15) is 5.15 Å². The zero-order valence-electron chi connectivity index (χ0n) is 10.5. The van der Waals surface area contributed by atoms with E-state index in [2.05, 4.69) is 15.0 Å².